The maximum Gasteiger partial charge on any atom is 0.238 e. The Kier molecular flexibility index (Phi) is 6.03. The average molecular weight is 347 g/mol. The highest BCUT2D eigenvalue weighted by Gasteiger charge is 2.17. The molecule has 2 N–H and O–H groups in total. The first-order valence-corrected chi connectivity index (χ1v) is 8.63. The number of amides is 2. The summed E-state index contributed by atoms with van der Waals surface area (Å²) in [5, 5.41) is 8.85. The topological polar surface area (TPSA) is 84.2 Å². The van der Waals surface area contributed by atoms with Gasteiger partial charge < -0.3 is 15.2 Å². The number of aromatic nitrogens is 1. The first kappa shape index (κ1) is 18.1. The lowest BCUT2D eigenvalue weighted by atomic mass is 10.1. The fraction of sp³-hybridized carbons (Fsp3) is 0.353. The Morgan fingerprint density at radius 3 is 2.58 bits per heavy atom. The number of hydrogen-bond donors (Lipinski definition) is 2. The molecule has 2 amide bonds. The average Bonchev–Trinajstić information content (AvgIpc) is 2.92. The highest BCUT2D eigenvalue weighted by Crippen LogP contribution is 2.18. The van der Waals surface area contributed by atoms with Gasteiger partial charge in [0.05, 0.1) is 11.0 Å². The molecule has 0 fully saturated rings. The van der Waals surface area contributed by atoms with Gasteiger partial charge in [-0.2, -0.15) is 0 Å². The second kappa shape index (κ2) is 8.01. The van der Waals surface area contributed by atoms with Crippen molar-refractivity contribution in [2.24, 2.45) is 0 Å². The molecule has 0 aliphatic heterocycles. The number of thioether (sulfide) groups is 1. The Balaban J connectivity index is 1.81. The summed E-state index contributed by atoms with van der Waals surface area (Å²) in [7, 11) is 0. The zero-order valence-corrected chi connectivity index (χ0v) is 15.0. The highest BCUT2D eigenvalue weighted by atomic mass is 32.2. The monoisotopic (exact) mass is 347 g/mol. The van der Waals surface area contributed by atoms with E-state index in [2.05, 4.69) is 15.8 Å². The van der Waals surface area contributed by atoms with Crippen molar-refractivity contribution in [1.29, 1.82) is 0 Å². The molecule has 2 rings (SSSR count). The van der Waals surface area contributed by atoms with Crippen molar-refractivity contribution >= 4 is 35.1 Å². The number of benzene rings is 1. The van der Waals surface area contributed by atoms with E-state index in [-0.39, 0.29) is 22.8 Å². The van der Waals surface area contributed by atoms with Gasteiger partial charge in [-0.15, -0.1) is 11.8 Å². The highest BCUT2D eigenvalue weighted by molar-refractivity contribution is 8.01. The number of carbonyl (C=O) groups is 2. The molecular weight excluding hydrogens is 326 g/mol. The fourth-order valence-electron chi connectivity index (χ4n) is 2.07. The summed E-state index contributed by atoms with van der Waals surface area (Å²) in [4.78, 5) is 24.1. The minimum Gasteiger partial charge on any atom is -0.360 e. The number of anilines is 2. The lowest BCUT2D eigenvalue weighted by Crippen LogP contribution is -2.25. The summed E-state index contributed by atoms with van der Waals surface area (Å²) in [6.07, 6.45) is 0. The van der Waals surface area contributed by atoms with Gasteiger partial charge in [0.25, 0.3) is 0 Å². The van der Waals surface area contributed by atoms with Crippen LogP contribution < -0.4 is 10.6 Å². The molecule has 1 atom stereocenters. The first-order valence-electron chi connectivity index (χ1n) is 7.58. The van der Waals surface area contributed by atoms with E-state index in [1.807, 2.05) is 32.0 Å². The van der Waals surface area contributed by atoms with E-state index in [0.29, 0.717) is 11.6 Å². The van der Waals surface area contributed by atoms with E-state index in [0.717, 1.165) is 16.8 Å². The van der Waals surface area contributed by atoms with Crippen molar-refractivity contribution in [3.8, 4) is 0 Å². The number of nitrogens with one attached hydrogen (secondary N) is 2. The Morgan fingerprint density at radius 1 is 1.21 bits per heavy atom. The summed E-state index contributed by atoms with van der Waals surface area (Å²) in [6.45, 7) is 7.45. The van der Waals surface area contributed by atoms with E-state index in [9.17, 15) is 9.59 Å². The van der Waals surface area contributed by atoms with Crippen LogP contribution in [-0.2, 0) is 9.59 Å². The van der Waals surface area contributed by atoms with Gasteiger partial charge in [0.15, 0.2) is 5.82 Å². The van der Waals surface area contributed by atoms with Crippen molar-refractivity contribution in [3.63, 3.8) is 0 Å². The summed E-state index contributed by atoms with van der Waals surface area (Å²) >= 11 is 1.26. The number of nitrogens with zero attached hydrogens (tertiary/aromatic N) is 1. The van der Waals surface area contributed by atoms with Gasteiger partial charge in [-0.05, 0) is 39.3 Å². The van der Waals surface area contributed by atoms with Crippen LogP contribution in [0.1, 0.15) is 23.8 Å². The number of aryl methyl sites for hydroxylation is 3. The molecule has 1 aromatic heterocycles. The maximum absolute atomic E-state index is 12.0. The zero-order chi connectivity index (χ0) is 17.7. The van der Waals surface area contributed by atoms with Crippen molar-refractivity contribution in [3.05, 3.63) is 41.2 Å². The van der Waals surface area contributed by atoms with Crippen LogP contribution in [0.15, 0.2) is 28.8 Å². The van der Waals surface area contributed by atoms with Gasteiger partial charge in [-0.3, -0.25) is 9.59 Å². The van der Waals surface area contributed by atoms with Crippen LogP contribution in [0.2, 0.25) is 0 Å². The van der Waals surface area contributed by atoms with E-state index >= 15 is 0 Å². The molecule has 7 heteroatoms. The third-order valence-electron chi connectivity index (χ3n) is 3.37. The number of rotatable bonds is 6. The van der Waals surface area contributed by atoms with Crippen molar-refractivity contribution in [2.45, 2.75) is 32.9 Å². The van der Waals surface area contributed by atoms with Crippen LogP contribution in [0.3, 0.4) is 0 Å². The molecule has 1 aromatic carbocycles. The molecule has 1 heterocycles. The largest absolute Gasteiger partial charge is 0.360 e. The second-order valence-corrected chi connectivity index (χ2v) is 6.96. The summed E-state index contributed by atoms with van der Waals surface area (Å²) < 4.78 is 4.89. The van der Waals surface area contributed by atoms with E-state index in [1.54, 1.807) is 19.9 Å². The predicted molar refractivity (Wildman–Crippen MR) is 96.3 cm³/mol. The van der Waals surface area contributed by atoms with E-state index < -0.39 is 0 Å². The molecule has 0 saturated carbocycles. The smallest absolute Gasteiger partial charge is 0.238 e. The van der Waals surface area contributed by atoms with Crippen molar-refractivity contribution in [2.75, 3.05) is 16.4 Å². The Morgan fingerprint density at radius 2 is 1.96 bits per heavy atom. The minimum absolute atomic E-state index is 0.135. The summed E-state index contributed by atoms with van der Waals surface area (Å²) in [6, 6.07) is 7.49. The van der Waals surface area contributed by atoms with Gasteiger partial charge in [0.1, 0.15) is 5.76 Å². The standard InChI is InChI=1S/C17H21N3O3S/c1-10-5-6-14(11(2)7-10)18-16(21)9-24-13(4)17(22)19-15-8-12(3)23-20-15/h5-8,13H,9H2,1-4H3,(H,18,21)(H,19,20,22). The molecule has 0 spiro atoms. The van der Waals surface area contributed by atoms with Gasteiger partial charge >= 0.3 is 0 Å². The van der Waals surface area contributed by atoms with Gasteiger partial charge in [0, 0.05) is 11.8 Å². The molecule has 0 bridgehead atoms. The normalized spacial score (nSPS) is 11.8. The maximum atomic E-state index is 12.0. The van der Waals surface area contributed by atoms with Gasteiger partial charge in [-0.25, -0.2) is 0 Å². The molecule has 24 heavy (non-hydrogen) atoms. The predicted octanol–water partition coefficient (Wildman–Crippen LogP) is 3.30. The number of hydrogen-bond acceptors (Lipinski definition) is 5. The number of carbonyl (C=O) groups excluding carboxylic acids is 2. The fourth-order valence-corrected chi connectivity index (χ4v) is 2.75. The van der Waals surface area contributed by atoms with Gasteiger partial charge in [0.2, 0.25) is 11.8 Å². The van der Waals surface area contributed by atoms with Gasteiger partial charge in [-0.1, -0.05) is 22.9 Å². The summed E-state index contributed by atoms with van der Waals surface area (Å²) in [5.74, 6) is 0.847. The molecule has 1 unspecified atom stereocenters. The minimum atomic E-state index is -0.383. The Bertz CT molecular complexity index is 742. The molecule has 0 radical (unpaired) electrons. The molecule has 0 saturated heterocycles. The Hall–Kier alpha value is -2.28. The van der Waals surface area contributed by atoms with Crippen LogP contribution in [0.4, 0.5) is 11.5 Å². The zero-order valence-electron chi connectivity index (χ0n) is 14.2. The van der Waals surface area contributed by atoms with Crippen LogP contribution in [0.5, 0.6) is 0 Å². The van der Waals surface area contributed by atoms with Crippen LogP contribution in [0.25, 0.3) is 0 Å². The van der Waals surface area contributed by atoms with Crippen molar-refractivity contribution < 1.29 is 14.1 Å². The molecular formula is C17H21N3O3S. The van der Waals surface area contributed by atoms with Crippen LogP contribution >= 0.6 is 11.8 Å². The summed E-state index contributed by atoms with van der Waals surface area (Å²) in [5.41, 5.74) is 2.95. The van der Waals surface area contributed by atoms with E-state index in [4.69, 9.17) is 4.52 Å². The molecule has 6 nitrogen and oxygen atoms in total. The SMILES string of the molecule is Cc1ccc(NC(=O)CSC(C)C(=O)Nc2cc(C)on2)c(C)c1. The van der Waals surface area contributed by atoms with Crippen LogP contribution in [0, 0.1) is 20.8 Å². The van der Waals surface area contributed by atoms with Crippen LogP contribution in [-0.4, -0.2) is 28.0 Å². The molecule has 0 aliphatic rings. The molecule has 2 aromatic rings. The lowest BCUT2D eigenvalue weighted by Gasteiger charge is -2.12. The molecule has 128 valence electrons. The lowest BCUT2D eigenvalue weighted by molar-refractivity contribution is -0.115. The van der Waals surface area contributed by atoms with Crippen molar-refractivity contribution in [1.82, 2.24) is 5.16 Å². The van der Waals surface area contributed by atoms with E-state index in [1.165, 1.54) is 11.8 Å². The third-order valence-corrected chi connectivity index (χ3v) is 4.51. The first-order chi connectivity index (χ1) is 11.3. The molecule has 0 aliphatic carbocycles. The third kappa shape index (κ3) is 5.13. The quantitative estimate of drug-likeness (QED) is 0.837. The second-order valence-electron chi connectivity index (χ2n) is 5.63. The Labute approximate surface area is 145 Å².